The van der Waals surface area contributed by atoms with Crippen LogP contribution in [0.2, 0.25) is 0 Å². The van der Waals surface area contributed by atoms with Crippen LogP contribution >= 0.6 is 0 Å². The molecule has 114 valence electrons. The fourth-order valence-electron chi connectivity index (χ4n) is 2.50. The van der Waals surface area contributed by atoms with Crippen molar-refractivity contribution in [2.24, 2.45) is 0 Å². The number of aryl methyl sites for hydroxylation is 1. The molecule has 1 N–H and O–H groups in total. The van der Waals surface area contributed by atoms with Gasteiger partial charge in [-0.3, -0.25) is 0 Å². The molecule has 1 heterocycles. The monoisotopic (exact) mass is 285 g/mol. The molecule has 0 fully saturated rings. The van der Waals surface area contributed by atoms with Gasteiger partial charge >= 0.3 is 0 Å². The smallest absolute Gasteiger partial charge is 0.109 e. The normalized spacial score (nSPS) is 13.3. The first-order valence-corrected chi connectivity index (χ1v) is 7.79. The van der Waals surface area contributed by atoms with E-state index >= 15 is 0 Å². The van der Waals surface area contributed by atoms with Crippen LogP contribution in [0.4, 0.5) is 0 Å². The second-order valence-electron chi connectivity index (χ2n) is 6.57. The molecule has 0 bridgehead atoms. The third-order valence-electron chi connectivity index (χ3n) is 3.72. The van der Waals surface area contributed by atoms with E-state index < -0.39 is 0 Å². The maximum absolute atomic E-state index is 4.53. The summed E-state index contributed by atoms with van der Waals surface area (Å²) in [7, 11) is 0. The lowest BCUT2D eigenvalue weighted by Gasteiger charge is -2.25. The molecule has 1 aromatic carbocycles. The Morgan fingerprint density at radius 2 is 1.90 bits per heavy atom. The summed E-state index contributed by atoms with van der Waals surface area (Å²) >= 11 is 0. The van der Waals surface area contributed by atoms with Crippen LogP contribution in [0.15, 0.2) is 42.7 Å². The fourth-order valence-corrected chi connectivity index (χ4v) is 2.50. The SMILES string of the molecule is CCn1ccnc1CC(CNC(C)(C)C)c1ccccc1. The molecule has 2 aromatic rings. The first-order chi connectivity index (χ1) is 9.99. The lowest BCUT2D eigenvalue weighted by atomic mass is 9.94. The Hall–Kier alpha value is -1.61. The number of benzene rings is 1. The van der Waals surface area contributed by atoms with Crippen LogP contribution < -0.4 is 5.32 Å². The van der Waals surface area contributed by atoms with E-state index in [0.29, 0.717) is 5.92 Å². The van der Waals surface area contributed by atoms with Gasteiger partial charge < -0.3 is 9.88 Å². The van der Waals surface area contributed by atoms with Crippen molar-refractivity contribution >= 4 is 0 Å². The van der Waals surface area contributed by atoms with E-state index in [1.54, 1.807) is 0 Å². The molecule has 3 heteroatoms. The first kappa shape index (κ1) is 15.8. The standard InChI is InChI=1S/C18H27N3/c1-5-21-12-11-19-17(21)13-16(14-20-18(2,3)4)15-9-7-6-8-10-15/h6-12,16,20H,5,13-14H2,1-4H3. The quantitative estimate of drug-likeness (QED) is 0.878. The van der Waals surface area contributed by atoms with Crippen LogP contribution in [-0.4, -0.2) is 21.6 Å². The van der Waals surface area contributed by atoms with Gasteiger partial charge in [0.2, 0.25) is 0 Å². The van der Waals surface area contributed by atoms with Crippen molar-refractivity contribution in [1.82, 2.24) is 14.9 Å². The Bertz CT molecular complexity index is 537. The summed E-state index contributed by atoms with van der Waals surface area (Å²) in [5.74, 6) is 1.61. The molecule has 21 heavy (non-hydrogen) atoms. The number of aromatic nitrogens is 2. The molecule has 0 aliphatic rings. The number of nitrogens with one attached hydrogen (secondary N) is 1. The fraction of sp³-hybridized carbons (Fsp3) is 0.500. The topological polar surface area (TPSA) is 29.9 Å². The van der Waals surface area contributed by atoms with Gasteiger partial charge in [-0.15, -0.1) is 0 Å². The van der Waals surface area contributed by atoms with Crippen molar-refractivity contribution in [1.29, 1.82) is 0 Å². The largest absolute Gasteiger partial charge is 0.335 e. The summed E-state index contributed by atoms with van der Waals surface area (Å²) in [4.78, 5) is 4.53. The first-order valence-electron chi connectivity index (χ1n) is 7.79. The third-order valence-corrected chi connectivity index (χ3v) is 3.72. The van der Waals surface area contributed by atoms with Crippen molar-refractivity contribution in [3.8, 4) is 0 Å². The van der Waals surface area contributed by atoms with Gasteiger partial charge in [-0.25, -0.2) is 4.98 Å². The molecule has 1 aromatic heterocycles. The average molecular weight is 285 g/mol. The molecule has 1 atom stereocenters. The van der Waals surface area contributed by atoms with Crippen LogP contribution in [0.3, 0.4) is 0 Å². The number of hydrogen-bond acceptors (Lipinski definition) is 2. The van der Waals surface area contributed by atoms with E-state index in [9.17, 15) is 0 Å². The van der Waals surface area contributed by atoms with Crippen molar-refractivity contribution in [2.75, 3.05) is 6.54 Å². The summed E-state index contributed by atoms with van der Waals surface area (Å²) in [6.45, 7) is 10.7. The summed E-state index contributed by atoms with van der Waals surface area (Å²) in [5, 5.41) is 3.63. The molecular formula is C18H27N3. The second-order valence-corrected chi connectivity index (χ2v) is 6.57. The third kappa shape index (κ3) is 4.71. The van der Waals surface area contributed by atoms with E-state index in [-0.39, 0.29) is 5.54 Å². The molecule has 0 aliphatic heterocycles. The van der Waals surface area contributed by atoms with Gasteiger partial charge in [0.15, 0.2) is 0 Å². The van der Waals surface area contributed by atoms with Gasteiger partial charge in [0.1, 0.15) is 5.82 Å². The Morgan fingerprint density at radius 1 is 1.19 bits per heavy atom. The zero-order valence-corrected chi connectivity index (χ0v) is 13.6. The second kappa shape index (κ2) is 6.90. The number of hydrogen-bond donors (Lipinski definition) is 1. The van der Waals surface area contributed by atoms with Gasteiger partial charge in [-0.2, -0.15) is 0 Å². The van der Waals surface area contributed by atoms with E-state index in [1.807, 2.05) is 6.20 Å². The van der Waals surface area contributed by atoms with Gasteiger partial charge in [-0.1, -0.05) is 30.3 Å². The lowest BCUT2D eigenvalue weighted by Crippen LogP contribution is -2.39. The highest BCUT2D eigenvalue weighted by atomic mass is 15.1. The molecule has 0 radical (unpaired) electrons. The number of imidazole rings is 1. The molecule has 1 unspecified atom stereocenters. The summed E-state index contributed by atoms with van der Waals surface area (Å²) < 4.78 is 2.23. The molecule has 0 saturated heterocycles. The van der Waals surface area contributed by atoms with Gasteiger partial charge in [0, 0.05) is 43.4 Å². The number of nitrogens with zero attached hydrogens (tertiary/aromatic N) is 2. The van der Waals surface area contributed by atoms with Crippen LogP contribution in [-0.2, 0) is 13.0 Å². The van der Waals surface area contributed by atoms with Crippen molar-refractivity contribution < 1.29 is 0 Å². The van der Waals surface area contributed by atoms with E-state index in [1.165, 1.54) is 11.4 Å². The Balaban J connectivity index is 2.16. The minimum atomic E-state index is 0.132. The Morgan fingerprint density at radius 3 is 2.52 bits per heavy atom. The summed E-state index contributed by atoms with van der Waals surface area (Å²) in [6, 6.07) is 10.7. The minimum Gasteiger partial charge on any atom is -0.335 e. The van der Waals surface area contributed by atoms with Gasteiger partial charge in [-0.05, 0) is 33.3 Å². The van der Waals surface area contributed by atoms with Crippen LogP contribution in [0.1, 0.15) is 45.0 Å². The van der Waals surface area contributed by atoms with Gasteiger partial charge in [0.05, 0.1) is 0 Å². The molecular weight excluding hydrogens is 258 g/mol. The number of rotatable bonds is 6. The van der Waals surface area contributed by atoms with E-state index in [0.717, 1.165) is 19.5 Å². The van der Waals surface area contributed by atoms with Gasteiger partial charge in [0.25, 0.3) is 0 Å². The highest BCUT2D eigenvalue weighted by molar-refractivity contribution is 5.21. The zero-order valence-electron chi connectivity index (χ0n) is 13.6. The van der Waals surface area contributed by atoms with Crippen molar-refractivity contribution in [2.45, 2.75) is 52.1 Å². The highest BCUT2D eigenvalue weighted by Crippen LogP contribution is 2.20. The average Bonchev–Trinajstić information content (AvgIpc) is 2.90. The zero-order chi connectivity index (χ0) is 15.3. The summed E-state index contributed by atoms with van der Waals surface area (Å²) in [6.07, 6.45) is 4.93. The Labute approximate surface area is 128 Å². The van der Waals surface area contributed by atoms with Crippen molar-refractivity contribution in [3.05, 3.63) is 54.1 Å². The minimum absolute atomic E-state index is 0.132. The maximum atomic E-state index is 4.53. The van der Waals surface area contributed by atoms with Crippen LogP contribution in [0.25, 0.3) is 0 Å². The Kier molecular flexibility index (Phi) is 5.18. The predicted molar refractivity (Wildman–Crippen MR) is 88.5 cm³/mol. The molecule has 0 amide bonds. The molecule has 0 spiro atoms. The lowest BCUT2D eigenvalue weighted by molar-refractivity contribution is 0.402. The molecule has 3 nitrogen and oxygen atoms in total. The highest BCUT2D eigenvalue weighted by Gasteiger charge is 2.18. The van der Waals surface area contributed by atoms with Crippen LogP contribution in [0, 0.1) is 0 Å². The summed E-state index contributed by atoms with van der Waals surface area (Å²) in [5.41, 5.74) is 1.51. The van der Waals surface area contributed by atoms with Crippen LogP contribution in [0.5, 0.6) is 0 Å². The predicted octanol–water partition coefficient (Wildman–Crippen LogP) is 3.62. The van der Waals surface area contributed by atoms with Crippen molar-refractivity contribution in [3.63, 3.8) is 0 Å². The maximum Gasteiger partial charge on any atom is 0.109 e. The van der Waals surface area contributed by atoms with E-state index in [4.69, 9.17) is 0 Å². The molecule has 0 aliphatic carbocycles. The van der Waals surface area contributed by atoms with E-state index in [2.05, 4.69) is 79.1 Å². The molecule has 0 saturated carbocycles. The molecule has 2 rings (SSSR count).